The Balaban J connectivity index is 1.70. The average molecular weight is 495 g/mol. The number of carbonyl (C=O) groups excluding carboxylic acids is 3. The second-order valence-electron chi connectivity index (χ2n) is 7.95. The van der Waals surface area contributed by atoms with E-state index in [-0.39, 0.29) is 24.1 Å². The van der Waals surface area contributed by atoms with E-state index in [1.807, 2.05) is 0 Å². The molecule has 35 heavy (non-hydrogen) atoms. The van der Waals surface area contributed by atoms with Crippen LogP contribution in [0.15, 0.2) is 17.4 Å². The fourth-order valence-electron chi connectivity index (χ4n) is 3.27. The lowest BCUT2D eigenvalue weighted by Crippen LogP contribution is -2.49. The number of fused-ring (bicyclic) bond motifs is 1. The van der Waals surface area contributed by atoms with Gasteiger partial charge in [0.15, 0.2) is 11.2 Å². The van der Waals surface area contributed by atoms with E-state index in [4.69, 9.17) is 26.7 Å². The molecule has 14 heteroatoms. The highest BCUT2D eigenvalue weighted by molar-refractivity contribution is 5.90. The number of aryl methyl sites for hydroxylation is 1. The summed E-state index contributed by atoms with van der Waals surface area (Å²) >= 11 is 0. The maximum Gasteiger partial charge on any atom is 0.516 e. The second-order valence-corrected chi connectivity index (χ2v) is 7.95. The van der Waals surface area contributed by atoms with Gasteiger partial charge in [0.1, 0.15) is 6.04 Å². The number of nitrogens with one attached hydrogen (secondary N) is 2. The molecule has 8 N–H and O–H groups in total. The number of carbonyl (C=O) groups is 3. The molecule has 0 radical (unpaired) electrons. The summed E-state index contributed by atoms with van der Waals surface area (Å²) in [5.41, 5.74) is 17.2. The Morgan fingerprint density at radius 2 is 1.80 bits per heavy atom. The van der Waals surface area contributed by atoms with E-state index in [1.54, 1.807) is 10.9 Å². The zero-order valence-electron chi connectivity index (χ0n) is 19.6. The average Bonchev–Trinajstić information content (AvgIpc) is 3.26. The summed E-state index contributed by atoms with van der Waals surface area (Å²) < 4.78 is 11.5. The first-order valence-electron chi connectivity index (χ1n) is 11.6. The van der Waals surface area contributed by atoms with Crippen molar-refractivity contribution in [2.24, 2.45) is 17.2 Å². The molecule has 2 atom stereocenters. The molecule has 0 aliphatic rings. The minimum atomic E-state index is -1.14. The molecule has 0 aliphatic heterocycles. The lowest BCUT2D eigenvalue weighted by atomic mass is 10.1. The quantitative estimate of drug-likeness (QED) is 0.118. The Hall–Kier alpha value is -3.36. The molecule has 0 spiro atoms. The standard InChI is InChI=1S/C21H34N8O6/c22-8-4-6-14(24)18(30)28-15(7-5-9-23)20(32)35-21(33)34-11-3-1-2-10-29-13-27-16-17(29)25-12-26-19(16)31/h12-15H,1-11,22-24H2,(H,28,30)(H,25,26,31)/t14-,15-/m0/s1. The third-order valence-electron chi connectivity index (χ3n) is 5.21. The summed E-state index contributed by atoms with van der Waals surface area (Å²) in [7, 11) is 0. The number of rotatable bonds is 15. The van der Waals surface area contributed by atoms with E-state index in [9.17, 15) is 19.2 Å². The third-order valence-corrected chi connectivity index (χ3v) is 5.21. The van der Waals surface area contributed by atoms with Crippen LogP contribution in [-0.2, 0) is 25.6 Å². The van der Waals surface area contributed by atoms with Gasteiger partial charge in [0.2, 0.25) is 5.91 Å². The van der Waals surface area contributed by atoms with Gasteiger partial charge in [-0.1, -0.05) is 0 Å². The highest BCUT2D eigenvalue weighted by Crippen LogP contribution is 2.08. The first-order valence-corrected chi connectivity index (χ1v) is 11.6. The Labute approximate surface area is 201 Å². The van der Waals surface area contributed by atoms with Gasteiger partial charge in [-0.15, -0.1) is 0 Å². The van der Waals surface area contributed by atoms with Crippen molar-refractivity contribution in [2.45, 2.75) is 63.6 Å². The number of aromatic nitrogens is 4. The highest BCUT2D eigenvalue weighted by Gasteiger charge is 2.26. The van der Waals surface area contributed by atoms with Gasteiger partial charge in [0.25, 0.3) is 5.56 Å². The lowest BCUT2D eigenvalue weighted by Gasteiger charge is -2.19. The van der Waals surface area contributed by atoms with Crippen LogP contribution in [0.4, 0.5) is 4.79 Å². The molecule has 2 aromatic heterocycles. The van der Waals surface area contributed by atoms with Crippen LogP contribution in [0.2, 0.25) is 0 Å². The fraction of sp³-hybridized carbons (Fsp3) is 0.619. The maximum absolute atomic E-state index is 12.4. The minimum Gasteiger partial charge on any atom is -0.434 e. The van der Waals surface area contributed by atoms with E-state index in [1.165, 1.54) is 6.33 Å². The van der Waals surface area contributed by atoms with Gasteiger partial charge in [0.05, 0.1) is 25.3 Å². The number of imidazole rings is 1. The van der Waals surface area contributed by atoms with Crippen LogP contribution in [0.25, 0.3) is 11.2 Å². The molecule has 2 heterocycles. The van der Waals surface area contributed by atoms with E-state index in [2.05, 4.69) is 20.3 Å². The molecule has 0 saturated heterocycles. The summed E-state index contributed by atoms with van der Waals surface area (Å²) in [6.07, 6.45) is 5.28. The molecule has 2 rings (SSSR count). The maximum atomic E-state index is 12.4. The Morgan fingerprint density at radius 1 is 1.06 bits per heavy atom. The number of esters is 1. The smallest absolute Gasteiger partial charge is 0.434 e. The molecule has 0 aromatic carbocycles. The summed E-state index contributed by atoms with van der Waals surface area (Å²) in [4.78, 5) is 58.8. The van der Waals surface area contributed by atoms with E-state index >= 15 is 0 Å². The van der Waals surface area contributed by atoms with Gasteiger partial charge in [-0.2, -0.15) is 0 Å². The summed E-state index contributed by atoms with van der Waals surface area (Å²) in [6.45, 7) is 1.33. The van der Waals surface area contributed by atoms with Crippen molar-refractivity contribution in [1.29, 1.82) is 0 Å². The number of ether oxygens (including phenoxy) is 2. The van der Waals surface area contributed by atoms with Crippen molar-refractivity contribution in [3.05, 3.63) is 23.0 Å². The molecule has 194 valence electrons. The molecule has 2 aromatic rings. The molecular weight excluding hydrogens is 460 g/mol. The highest BCUT2D eigenvalue weighted by atomic mass is 16.7. The minimum absolute atomic E-state index is 0.0541. The van der Waals surface area contributed by atoms with Crippen LogP contribution in [-0.4, -0.2) is 69.3 Å². The molecule has 0 bridgehead atoms. The van der Waals surface area contributed by atoms with Gasteiger partial charge < -0.3 is 41.5 Å². The Morgan fingerprint density at radius 3 is 2.54 bits per heavy atom. The molecule has 0 saturated carbocycles. The van der Waals surface area contributed by atoms with Gasteiger partial charge in [-0.3, -0.25) is 9.59 Å². The Bertz CT molecular complexity index is 1020. The van der Waals surface area contributed by atoms with Crippen LogP contribution in [0.5, 0.6) is 0 Å². The largest absolute Gasteiger partial charge is 0.516 e. The van der Waals surface area contributed by atoms with E-state index in [0.717, 1.165) is 6.42 Å². The first-order chi connectivity index (χ1) is 16.9. The van der Waals surface area contributed by atoms with E-state index in [0.29, 0.717) is 57.4 Å². The van der Waals surface area contributed by atoms with Crippen LogP contribution < -0.4 is 28.1 Å². The number of aromatic amines is 1. The van der Waals surface area contributed by atoms with Gasteiger partial charge in [0, 0.05) is 6.54 Å². The number of nitrogens with two attached hydrogens (primary N) is 3. The molecule has 0 aliphatic carbocycles. The number of nitrogens with zero attached hydrogens (tertiary/aromatic N) is 3. The van der Waals surface area contributed by atoms with Crippen LogP contribution in [0, 0.1) is 0 Å². The number of amides is 1. The molecular formula is C21H34N8O6. The van der Waals surface area contributed by atoms with Crippen LogP contribution in [0.3, 0.4) is 0 Å². The lowest BCUT2D eigenvalue weighted by molar-refractivity contribution is -0.144. The summed E-state index contributed by atoms with van der Waals surface area (Å²) in [6, 6.07) is -1.89. The predicted octanol–water partition coefficient (Wildman–Crippen LogP) is -0.740. The monoisotopic (exact) mass is 494 g/mol. The van der Waals surface area contributed by atoms with Crippen molar-refractivity contribution >= 4 is 29.2 Å². The number of hydrogen-bond donors (Lipinski definition) is 5. The van der Waals surface area contributed by atoms with Crippen LogP contribution in [0.1, 0.15) is 44.9 Å². The number of H-pyrrole nitrogens is 1. The van der Waals surface area contributed by atoms with Crippen molar-refractivity contribution in [3.63, 3.8) is 0 Å². The van der Waals surface area contributed by atoms with Crippen molar-refractivity contribution in [3.8, 4) is 0 Å². The van der Waals surface area contributed by atoms with E-state index < -0.39 is 30.1 Å². The van der Waals surface area contributed by atoms with Gasteiger partial charge in [-0.25, -0.2) is 19.6 Å². The SMILES string of the molecule is NCCC[C@H](NC(=O)[C@@H](N)CCCN)C(=O)OC(=O)OCCCCCn1cnc2c(=O)[nH]cnc21. The second kappa shape index (κ2) is 14.8. The zero-order chi connectivity index (χ0) is 25.6. The summed E-state index contributed by atoms with van der Waals surface area (Å²) in [5, 5.41) is 2.50. The first kappa shape index (κ1) is 27.9. The van der Waals surface area contributed by atoms with Gasteiger partial charge in [-0.05, 0) is 58.0 Å². The third kappa shape index (κ3) is 9.07. The van der Waals surface area contributed by atoms with Crippen molar-refractivity contribution in [1.82, 2.24) is 24.8 Å². The zero-order valence-corrected chi connectivity index (χ0v) is 19.6. The molecule has 0 fully saturated rings. The van der Waals surface area contributed by atoms with Crippen molar-refractivity contribution < 1.29 is 23.9 Å². The topological polar surface area (TPSA) is 223 Å². The number of unbranched alkanes of at least 4 members (excludes halogenated alkanes) is 2. The van der Waals surface area contributed by atoms with Gasteiger partial charge >= 0.3 is 12.1 Å². The predicted molar refractivity (Wildman–Crippen MR) is 126 cm³/mol. The van der Waals surface area contributed by atoms with Crippen LogP contribution >= 0.6 is 0 Å². The molecule has 0 unspecified atom stereocenters. The normalized spacial score (nSPS) is 12.8. The molecule has 14 nitrogen and oxygen atoms in total. The fourth-order valence-corrected chi connectivity index (χ4v) is 3.27. The molecule has 1 amide bonds. The summed E-state index contributed by atoms with van der Waals surface area (Å²) in [5.74, 6) is -1.46. The Kier molecular flexibility index (Phi) is 11.8. The number of hydrogen-bond acceptors (Lipinski definition) is 11. The van der Waals surface area contributed by atoms with Crippen molar-refractivity contribution in [2.75, 3.05) is 19.7 Å².